The van der Waals surface area contributed by atoms with Crippen molar-refractivity contribution in [3.05, 3.63) is 23.3 Å². The molecule has 0 aromatic carbocycles. The lowest BCUT2D eigenvalue weighted by atomic mass is 9.96. The van der Waals surface area contributed by atoms with E-state index in [4.69, 9.17) is 0 Å². The topological polar surface area (TPSA) is 55.6 Å². The van der Waals surface area contributed by atoms with Gasteiger partial charge in [-0.05, 0) is 13.8 Å². The third-order valence-corrected chi connectivity index (χ3v) is 3.82. The molecule has 0 aliphatic heterocycles. The minimum Gasteiger partial charge on any atom is -0.354 e. The first-order valence-electron chi connectivity index (χ1n) is 6.38. The Morgan fingerprint density at radius 2 is 2.05 bits per heavy atom. The zero-order chi connectivity index (χ0) is 14.2. The number of nitrogens with one attached hydrogen (secondary N) is 1. The van der Waals surface area contributed by atoms with Crippen molar-refractivity contribution in [1.29, 1.82) is 0 Å². The van der Waals surface area contributed by atoms with E-state index in [1.54, 1.807) is 0 Å². The Bertz CT molecular complexity index is 564. The molecule has 1 unspecified atom stereocenters. The smallest absolute Gasteiger partial charge is 0.203 e. The third kappa shape index (κ3) is 2.94. The van der Waals surface area contributed by atoms with Crippen LogP contribution < -0.4 is 5.32 Å². The first kappa shape index (κ1) is 14.0. The van der Waals surface area contributed by atoms with E-state index in [2.05, 4.69) is 54.4 Å². The number of hydrogen-bond donors (Lipinski definition) is 1. The Balaban J connectivity index is 2.13. The fraction of sp³-hybridized carbons (Fsp3) is 0.615. The van der Waals surface area contributed by atoms with Crippen LogP contribution in [0.3, 0.4) is 0 Å². The van der Waals surface area contributed by atoms with E-state index in [0.29, 0.717) is 0 Å². The van der Waals surface area contributed by atoms with Gasteiger partial charge in [0.1, 0.15) is 5.82 Å². The first-order valence-corrected chi connectivity index (χ1v) is 7.15. The maximum Gasteiger partial charge on any atom is 0.203 e. The van der Waals surface area contributed by atoms with Gasteiger partial charge in [-0.1, -0.05) is 20.8 Å². The fourth-order valence-electron chi connectivity index (χ4n) is 1.79. The summed E-state index contributed by atoms with van der Waals surface area (Å²) in [5, 5.41) is 8.53. The van der Waals surface area contributed by atoms with Crippen LogP contribution in [-0.4, -0.2) is 19.1 Å². The number of aromatic nitrogens is 4. The van der Waals surface area contributed by atoms with Gasteiger partial charge in [0, 0.05) is 35.3 Å². The van der Waals surface area contributed by atoms with Crippen LogP contribution in [0.4, 0.5) is 5.13 Å². The van der Waals surface area contributed by atoms with Gasteiger partial charge in [-0.15, -0.1) is 0 Å². The lowest BCUT2D eigenvalue weighted by Gasteiger charge is -2.14. The Labute approximate surface area is 118 Å². The summed E-state index contributed by atoms with van der Waals surface area (Å²) < 4.78 is 6.29. The molecule has 2 rings (SSSR count). The molecule has 0 aliphatic rings. The van der Waals surface area contributed by atoms with E-state index < -0.39 is 0 Å². The van der Waals surface area contributed by atoms with Gasteiger partial charge in [0.2, 0.25) is 5.13 Å². The van der Waals surface area contributed by atoms with Crippen LogP contribution in [0.15, 0.2) is 6.20 Å². The molecule has 0 radical (unpaired) electrons. The van der Waals surface area contributed by atoms with Crippen molar-refractivity contribution < 1.29 is 0 Å². The van der Waals surface area contributed by atoms with Gasteiger partial charge in [-0.2, -0.15) is 9.47 Å². The monoisotopic (exact) mass is 279 g/mol. The summed E-state index contributed by atoms with van der Waals surface area (Å²) in [5.41, 5.74) is 2.35. The summed E-state index contributed by atoms with van der Waals surface area (Å²) in [7, 11) is 1.95. The van der Waals surface area contributed by atoms with Crippen molar-refractivity contribution in [3.8, 4) is 0 Å². The Morgan fingerprint density at radius 3 is 2.53 bits per heavy atom. The lowest BCUT2D eigenvalue weighted by molar-refractivity contribution is 0.555. The fourth-order valence-corrected chi connectivity index (χ4v) is 2.63. The predicted molar refractivity (Wildman–Crippen MR) is 78.6 cm³/mol. The molecule has 6 heteroatoms. The molecule has 104 valence electrons. The minimum atomic E-state index is -0.0100. The van der Waals surface area contributed by atoms with Crippen LogP contribution >= 0.6 is 11.5 Å². The van der Waals surface area contributed by atoms with Crippen molar-refractivity contribution >= 4 is 16.7 Å². The largest absolute Gasteiger partial charge is 0.354 e. The number of rotatable bonds is 3. The maximum atomic E-state index is 4.55. The van der Waals surface area contributed by atoms with Gasteiger partial charge in [-0.25, -0.2) is 4.98 Å². The standard InChI is InChI=1S/C13H21N5S/c1-8(10-7-14-18(6)9(10)2)15-12-16-11(17-19-12)13(3,4)5/h7-8H,1-6H3,(H,15,16,17). The molecular formula is C13H21N5S. The van der Waals surface area contributed by atoms with Gasteiger partial charge in [0.25, 0.3) is 0 Å². The number of anilines is 1. The van der Waals surface area contributed by atoms with Crippen LogP contribution in [0.1, 0.15) is 50.8 Å². The third-order valence-electron chi connectivity index (χ3n) is 3.18. The highest BCUT2D eigenvalue weighted by atomic mass is 32.1. The van der Waals surface area contributed by atoms with Crippen molar-refractivity contribution in [2.24, 2.45) is 7.05 Å². The van der Waals surface area contributed by atoms with Crippen LogP contribution in [-0.2, 0) is 12.5 Å². The molecule has 0 fully saturated rings. The molecule has 2 aromatic rings. The molecule has 0 amide bonds. The molecular weight excluding hydrogens is 258 g/mol. The molecule has 0 spiro atoms. The highest BCUT2D eigenvalue weighted by Gasteiger charge is 2.20. The van der Waals surface area contributed by atoms with Crippen LogP contribution in [0.25, 0.3) is 0 Å². The normalized spacial score (nSPS) is 13.6. The second-order valence-corrected chi connectivity index (χ2v) is 6.60. The molecule has 5 nitrogen and oxygen atoms in total. The van der Waals surface area contributed by atoms with E-state index in [1.165, 1.54) is 22.8 Å². The zero-order valence-electron chi connectivity index (χ0n) is 12.4. The van der Waals surface area contributed by atoms with Gasteiger partial charge in [0.05, 0.1) is 12.2 Å². The summed E-state index contributed by atoms with van der Waals surface area (Å²) in [6.45, 7) is 10.5. The van der Waals surface area contributed by atoms with Crippen molar-refractivity contribution in [3.63, 3.8) is 0 Å². The number of aryl methyl sites for hydroxylation is 1. The van der Waals surface area contributed by atoms with Crippen molar-refractivity contribution in [2.45, 2.75) is 46.1 Å². The van der Waals surface area contributed by atoms with Crippen molar-refractivity contribution in [2.75, 3.05) is 5.32 Å². The summed E-state index contributed by atoms with van der Waals surface area (Å²) in [6, 6.07) is 0.175. The van der Waals surface area contributed by atoms with Gasteiger partial charge >= 0.3 is 0 Å². The second kappa shape index (κ2) is 4.92. The van der Waals surface area contributed by atoms with Crippen molar-refractivity contribution in [1.82, 2.24) is 19.1 Å². The van der Waals surface area contributed by atoms with E-state index in [1.807, 2.05) is 17.9 Å². The average molecular weight is 279 g/mol. The van der Waals surface area contributed by atoms with E-state index in [9.17, 15) is 0 Å². The molecule has 2 aromatic heterocycles. The number of nitrogens with zero attached hydrogens (tertiary/aromatic N) is 4. The maximum absolute atomic E-state index is 4.55. The quantitative estimate of drug-likeness (QED) is 0.938. The Morgan fingerprint density at radius 1 is 1.37 bits per heavy atom. The molecule has 0 saturated carbocycles. The Hall–Kier alpha value is -1.43. The average Bonchev–Trinajstić information content (AvgIpc) is 2.87. The molecule has 0 saturated heterocycles. The molecule has 2 heterocycles. The summed E-state index contributed by atoms with van der Waals surface area (Å²) >= 11 is 1.41. The van der Waals surface area contributed by atoms with E-state index in [-0.39, 0.29) is 11.5 Å². The second-order valence-electron chi connectivity index (χ2n) is 5.85. The highest BCUT2D eigenvalue weighted by molar-refractivity contribution is 7.09. The van der Waals surface area contributed by atoms with E-state index >= 15 is 0 Å². The molecule has 1 N–H and O–H groups in total. The molecule has 0 bridgehead atoms. The predicted octanol–water partition coefficient (Wildman–Crippen LogP) is 3.05. The van der Waals surface area contributed by atoms with Gasteiger partial charge < -0.3 is 5.32 Å². The van der Waals surface area contributed by atoms with E-state index in [0.717, 1.165) is 11.0 Å². The van der Waals surface area contributed by atoms with Crippen LogP contribution in [0.2, 0.25) is 0 Å². The molecule has 1 atom stereocenters. The Kier molecular flexibility index (Phi) is 3.62. The van der Waals surface area contributed by atoms with Gasteiger partial charge in [0.15, 0.2) is 0 Å². The van der Waals surface area contributed by atoms with Crippen LogP contribution in [0, 0.1) is 6.92 Å². The minimum absolute atomic E-state index is 0.0100. The van der Waals surface area contributed by atoms with Gasteiger partial charge in [-0.3, -0.25) is 4.68 Å². The zero-order valence-corrected chi connectivity index (χ0v) is 13.2. The summed E-state index contributed by atoms with van der Waals surface area (Å²) in [5.74, 6) is 0.884. The summed E-state index contributed by atoms with van der Waals surface area (Å²) in [4.78, 5) is 4.55. The number of hydrogen-bond acceptors (Lipinski definition) is 5. The van der Waals surface area contributed by atoms with Crippen LogP contribution in [0.5, 0.6) is 0 Å². The lowest BCUT2D eigenvalue weighted by Crippen LogP contribution is -2.13. The first-order chi connectivity index (χ1) is 8.79. The highest BCUT2D eigenvalue weighted by Crippen LogP contribution is 2.26. The molecule has 19 heavy (non-hydrogen) atoms. The SMILES string of the molecule is Cc1c(C(C)Nc2nc(C(C)(C)C)ns2)cnn1C. The summed E-state index contributed by atoms with van der Waals surface area (Å²) in [6.07, 6.45) is 1.90. The molecule has 0 aliphatic carbocycles.